The van der Waals surface area contributed by atoms with Crippen molar-refractivity contribution in [2.45, 2.75) is 53.1 Å². The number of aryl methyl sites for hydroxylation is 2. The lowest BCUT2D eigenvalue weighted by molar-refractivity contribution is 0.429. The maximum absolute atomic E-state index is 4.64. The summed E-state index contributed by atoms with van der Waals surface area (Å²) >= 11 is 0. The molecule has 6 heteroatoms. The Kier molecular flexibility index (Phi) is 4.46. The number of aromatic nitrogens is 5. The van der Waals surface area contributed by atoms with Gasteiger partial charge in [-0.3, -0.25) is 9.36 Å². The van der Waals surface area contributed by atoms with Crippen LogP contribution in [-0.2, 0) is 20.0 Å². The first-order chi connectivity index (χ1) is 9.76. The second kappa shape index (κ2) is 5.97. The molecule has 2 heterocycles. The molecule has 0 radical (unpaired) electrons. The van der Waals surface area contributed by atoms with Crippen molar-refractivity contribution < 1.29 is 0 Å². The number of hydrogen-bond acceptors (Lipinski definition) is 4. The summed E-state index contributed by atoms with van der Waals surface area (Å²) in [6, 6.07) is 0. The van der Waals surface area contributed by atoms with Crippen LogP contribution in [0, 0.1) is 13.8 Å². The molecular formula is C15H26N6. The number of nitrogens with one attached hydrogen (secondary N) is 1. The van der Waals surface area contributed by atoms with E-state index in [2.05, 4.69) is 55.3 Å². The van der Waals surface area contributed by atoms with Crippen molar-refractivity contribution in [1.29, 1.82) is 0 Å². The number of nitrogens with zero attached hydrogens (tertiary/aromatic N) is 5. The van der Waals surface area contributed by atoms with Gasteiger partial charge < -0.3 is 5.32 Å². The minimum Gasteiger partial charge on any atom is -0.312 e. The maximum Gasteiger partial charge on any atom is 0.104 e. The Morgan fingerprint density at radius 3 is 2.52 bits per heavy atom. The summed E-state index contributed by atoms with van der Waals surface area (Å²) in [6.45, 7) is 12.4. The van der Waals surface area contributed by atoms with E-state index >= 15 is 0 Å². The van der Waals surface area contributed by atoms with Crippen molar-refractivity contribution in [3.05, 3.63) is 28.8 Å². The molecular weight excluding hydrogens is 264 g/mol. The van der Waals surface area contributed by atoms with E-state index in [0.717, 1.165) is 24.4 Å². The summed E-state index contributed by atoms with van der Waals surface area (Å²) in [7, 11) is 1.88. The smallest absolute Gasteiger partial charge is 0.104 e. The fraction of sp³-hybridized carbons (Fsp3) is 0.667. The van der Waals surface area contributed by atoms with Gasteiger partial charge in [-0.15, -0.1) is 5.10 Å². The zero-order chi connectivity index (χ0) is 15.6. The molecule has 0 fully saturated rings. The number of rotatable bonds is 5. The molecule has 116 valence electrons. The lowest BCUT2D eigenvalue weighted by atomic mass is 10.1. The summed E-state index contributed by atoms with van der Waals surface area (Å²) in [5.74, 6) is 0. The molecule has 0 saturated carbocycles. The molecule has 2 aromatic heterocycles. The summed E-state index contributed by atoms with van der Waals surface area (Å²) in [5.41, 5.74) is 4.73. The Morgan fingerprint density at radius 1 is 1.24 bits per heavy atom. The van der Waals surface area contributed by atoms with Gasteiger partial charge in [-0.25, -0.2) is 0 Å². The van der Waals surface area contributed by atoms with Crippen molar-refractivity contribution in [2.75, 3.05) is 6.54 Å². The van der Waals surface area contributed by atoms with Crippen LogP contribution < -0.4 is 5.32 Å². The Morgan fingerprint density at radius 2 is 1.95 bits per heavy atom. The molecule has 0 bridgehead atoms. The van der Waals surface area contributed by atoms with Gasteiger partial charge in [0.25, 0.3) is 0 Å². The normalized spacial score (nSPS) is 12.1. The lowest BCUT2D eigenvalue weighted by Gasteiger charge is -2.20. The predicted molar refractivity (Wildman–Crippen MR) is 83.3 cm³/mol. The standard InChI is InChI=1S/C15H26N6/c1-11-14(7-8-16-15(3,4)5)12(2)21(18-11)10-13-9-20(6)19-17-13/h9,16H,7-8,10H2,1-6H3. The molecule has 2 rings (SSSR count). The zero-order valence-electron chi connectivity index (χ0n) is 13.9. The third kappa shape index (κ3) is 4.14. The first-order valence-corrected chi connectivity index (χ1v) is 7.39. The summed E-state index contributed by atoms with van der Waals surface area (Å²) < 4.78 is 3.74. The summed E-state index contributed by atoms with van der Waals surface area (Å²) in [4.78, 5) is 0. The third-order valence-corrected chi connectivity index (χ3v) is 3.52. The van der Waals surface area contributed by atoms with E-state index in [1.54, 1.807) is 4.68 Å². The largest absolute Gasteiger partial charge is 0.312 e. The SMILES string of the molecule is Cc1nn(Cc2cn(C)nn2)c(C)c1CCNC(C)(C)C. The van der Waals surface area contributed by atoms with E-state index < -0.39 is 0 Å². The van der Waals surface area contributed by atoms with Gasteiger partial charge >= 0.3 is 0 Å². The van der Waals surface area contributed by atoms with Gasteiger partial charge in [-0.1, -0.05) is 5.21 Å². The first-order valence-electron chi connectivity index (χ1n) is 7.39. The highest BCUT2D eigenvalue weighted by Gasteiger charge is 2.14. The van der Waals surface area contributed by atoms with Gasteiger partial charge in [0, 0.05) is 24.5 Å². The minimum absolute atomic E-state index is 0.150. The van der Waals surface area contributed by atoms with Gasteiger partial charge in [0.2, 0.25) is 0 Å². The van der Waals surface area contributed by atoms with Crippen LogP contribution in [0.25, 0.3) is 0 Å². The molecule has 0 aliphatic heterocycles. The van der Waals surface area contributed by atoms with Crippen LogP contribution in [0.3, 0.4) is 0 Å². The fourth-order valence-electron chi connectivity index (χ4n) is 2.43. The van der Waals surface area contributed by atoms with E-state index in [0.29, 0.717) is 6.54 Å². The molecule has 0 unspecified atom stereocenters. The molecule has 6 nitrogen and oxygen atoms in total. The van der Waals surface area contributed by atoms with Crippen LogP contribution >= 0.6 is 0 Å². The average molecular weight is 290 g/mol. The second-order valence-corrected chi connectivity index (χ2v) is 6.62. The molecule has 0 atom stereocenters. The van der Waals surface area contributed by atoms with Crippen molar-refractivity contribution in [3.8, 4) is 0 Å². The minimum atomic E-state index is 0.150. The van der Waals surface area contributed by atoms with E-state index in [4.69, 9.17) is 0 Å². The maximum atomic E-state index is 4.64. The number of hydrogen-bond donors (Lipinski definition) is 1. The van der Waals surface area contributed by atoms with Crippen LogP contribution in [0.4, 0.5) is 0 Å². The Labute approximate surface area is 126 Å². The van der Waals surface area contributed by atoms with Crippen LogP contribution in [0.2, 0.25) is 0 Å². The monoisotopic (exact) mass is 290 g/mol. The van der Waals surface area contributed by atoms with Crippen molar-refractivity contribution in [1.82, 2.24) is 30.1 Å². The molecule has 2 aromatic rings. The Bertz CT molecular complexity index is 602. The van der Waals surface area contributed by atoms with E-state index in [9.17, 15) is 0 Å². The van der Waals surface area contributed by atoms with Gasteiger partial charge in [0.05, 0.1) is 12.2 Å². The van der Waals surface area contributed by atoms with Crippen molar-refractivity contribution in [2.24, 2.45) is 7.05 Å². The molecule has 1 N–H and O–H groups in total. The first kappa shape index (κ1) is 15.7. The molecule has 21 heavy (non-hydrogen) atoms. The predicted octanol–water partition coefficient (Wildman–Crippen LogP) is 1.61. The third-order valence-electron chi connectivity index (χ3n) is 3.52. The fourth-order valence-corrected chi connectivity index (χ4v) is 2.43. The second-order valence-electron chi connectivity index (χ2n) is 6.62. The van der Waals surface area contributed by atoms with E-state index in [1.807, 2.05) is 17.9 Å². The summed E-state index contributed by atoms with van der Waals surface area (Å²) in [5, 5.41) is 16.3. The molecule has 0 amide bonds. The van der Waals surface area contributed by atoms with Gasteiger partial charge in [-0.2, -0.15) is 5.10 Å². The van der Waals surface area contributed by atoms with Crippen LogP contribution in [0.15, 0.2) is 6.20 Å². The van der Waals surface area contributed by atoms with Crippen LogP contribution in [0.1, 0.15) is 43.4 Å². The van der Waals surface area contributed by atoms with Gasteiger partial charge in [0.15, 0.2) is 0 Å². The van der Waals surface area contributed by atoms with E-state index in [1.165, 1.54) is 11.3 Å². The lowest BCUT2D eigenvalue weighted by Crippen LogP contribution is -2.37. The quantitative estimate of drug-likeness (QED) is 0.909. The molecule has 0 aromatic carbocycles. The zero-order valence-corrected chi connectivity index (χ0v) is 13.9. The highest BCUT2D eigenvalue weighted by Crippen LogP contribution is 2.15. The average Bonchev–Trinajstić information content (AvgIpc) is 2.87. The topological polar surface area (TPSA) is 60.6 Å². The van der Waals surface area contributed by atoms with Crippen molar-refractivity contribution >= 4 is 0 Å². The molecule has 0 aliphatic rings. The van der Waals surface area contributed by atoms with Crippen LogP contribution in [0.5, 0.6) is 0 Å². The van der Waals surface area contributed by atoms with Gasteiger partial charge in [-0.05, 0) is 53.1 Å². The van der Waals surface area contributed by atoms with Gasteiger partial charge in [0.1, 0.15) is 5.69 Å². The molecule has 0 spiro atoms. The molecule has 0 saturated heterocycles. The Hall–Kier alpha value is -1.69. The van der Waals surface area contributed by atoms with Crippen molar-refractivity contribution in [3.63, 3.8) is 0 Å². The highest BCUT2D eigenvalue weighted by molar-refractivity contribution is 5.25. The molecule has 0 aliphatic carbocycles. The summed E-state index contributed by atoms with van der Waals surface area (Å²) in [6.07, 6.45) is 2.92. The highest BCUT2D eigenvalue weighted by atomic mass is 15.4. The Balaban J connectivity index is 2.06. The van der Waals surface area contributed by atoms with E-state index in [-0.39, 0.29) is 5.54 Å². The van der Waals surface area contributed by atoms with Crippen LogP contribution in [-0.4, -0.2) is 36.9 Å².